The molecule has 0 aromatic heterocycles. The molecule has 0 saturated heterocycles. The summed E-state index contributed by atoms with van der Waals surface area (Å²) in [6.45, 7) is 0.714. The highest BCUT2D eigenvalue weighted by atomic mass is 79.9. The molecule has 0 bridgehead atoms. The Morgan fingerprint density at radius 1 is 1.10 bits per heavy atom. The van der Waals surface area contributed by atoms with Gasteiger partial charge in [0.05, 0.1) is 23.9 Å². The van der Waals surface area contributed by atoms with Crippen LogP contribution in [0.5, 0.6) is 5.75 Å². The summed E-state index contributed by atoms with van der Waals surface area (Å²) in [7, 11) is 0.916. The number of nitrogens with one attached hydrogen (secondary N) is 1. The van der Waals surface area contributed by atoms with E-state index in [-0.39, 0.29) is 30.9 Å². The van der Waals surface area contributed by atoms with Crippen molar-refractivity contribution in [2.75, 3.05) is 25.1 Å². The first-order valence-corrected chi connectivity index (χ1v) is 12.9. The number of alkyl halides is 3. The predicted molar refractivity (Wildman–Crippen MR) is 142 cm³/mol. The maximum atomic E-state index is 15.0. The van der Waals surface area contributed by atoms with Crippen molar-refractivity contribution in [2.45, 2.75) is 25.3 Å². The summed E-state index contributed by atoms with van der Waals surface area (Å²) in [4.78, 5) is 39.4. The maximum absolute atomic E-state index is 15.0. The number of rotatable bonds is 7. The maximum Gasteiger partial charge on any atom is 0.417 e. The molecule has 41 heavy (non-hydrogen) atoms. The highest BCUT2D eigenvalue weighted by Crippen LogP contribution is 2.47. The van der Waals surface area contributed by atoms with Crippen LogP contribution in [0.15, 0.2) is 65.1 Å². The number of carbonyl (C=O) groups excluding carboxylic acids is 3. The average molecular weight is 639 g/mol. The summed E-state index contributed by atoms with van der Waals surface area (Å²) >= 11 is 3.21. The number of amides is 2. The SMILES string of the molecule is COC(=O)c1cc2c(cc1C(F)(F)F)OC(C)(c1cc(Br)ccc1F)C(=O)N2CCNC(=O)OCc1ccccc1. The molecule has 0 spiro atoms. The molecule has 1 atom stereocenters. The molecule has 4 rings (SSSR count). The van der Waals surface area contributed by atoms with Crippen LogP contribution >= 0.6 is 15.9 Å². The van der Waals surface area contributed by atoms with Crippen LogP contribution in [0.4, 0.5) is 28.0 Å². The number of ether oxygens (including phenoxy) is 3. The molecule has 1 N–H and O–H groups in total. The first-order chi connectivity index (χ1) is 19.3. The van der Waals surface area contributed by atoms with Crippen molar-refractivity contribution in [2.24, 2.45) is 0 Å². The van der Waals surface area contributed by atoms with Gasteiger partial charge in [0.2, 0.25) is 5.60 Å². The lowest BCUT2D eigenvalue weighted by molar-refractivity contribution is -0.138. The van der Waals surface area contributed by atoms with Crippen LogP contribution in [0, 0.1) is 5.82 Å². The van der Waals surface area contributed by atoms with Gasteiger partial charge in [-0.15, -0.1) is 0 Å². The van der Waals surface area contributed by atoms with Crippen molar-refractivity contribution in [3.8, 4) is 5.75 Å². The zero-order valence-corrected chi connectivity index (χ0v) is 23.3. The van der Waals surface area contributed by atoms with E-state index in [1.165, 1.54) is 19.1 Å². The highest BCUT2D eigenvalue weighted by Gasteiger charge is 2.49. The van der Waals surface area contributed by atoms with Gasteiger partial charge < -0.3 is 24.4 Å². The van der Waals surface area contributed by atoms with E-state index in [0.717, 1.165) is 29.7 Å². The number of benzene rings is 3. The molecule has 0 saturated carbocycles. The first kappa shape index (κ1) is 29.8. The standard InChI is InChI=1S/C28H23BrF4N2O6/c1-27(20-12-17(29)8-9-21(20)30)25(37)35(11-10-34-26(38)40-15-16-6-4-3-5-7-16)22-13-18(24(36)39-2)19(28(31,32)33)14-23(22)41-27/h3-9,12-14H,10-11,15H2,1-2H3,(H,34,38). The molecule has 0 aliphatic carbocycles. The van der Waals surface area contributed by atoms with Gasteiger partial charge in [-0.2, -0.15) is 13.2 Å². The summed E-state index contributed by atoms with van der Waals surface area (Å²) < 4.78 is 72.6. The Morgan fingerprint density at radius 2 is 1.80 bits per heavy atom. The molecule has 1 unspecified atom stereocenters. The van der Waals surface area contributed by atoms with Crippen molar-refractivity contribution in [3.05, 3.63) is 93.2 Å². The fourth-order valence-electron chi connectivity index (χ4n) is 4.30. The molecular weight excluding hydrogens is 616 g/mol. The van der Waals surface area contributed by atoms with Gasteiger partial charge in [-0.3, -0.25) is 4.79 Å². The number of halogens is 5. The highest BCUT2D eigenvalue weighted by molar-refractivity contribution is 9.10. The van der Waals surface area contributed by atoms with Crippen LogP contribution in [0.25, 0.3) is 0 Å². The molecule has 216 valence electrons. The van der Waals surface area contributed by atoms with E-state index < -0.39 is 52.4 Å². The molecule has 3 aromatic carbocycles. The number of methoxy groups -OCH3 is 1. The Morgan fingerprint density at radius 3 is 2.46 bits per heavy atom. The molecule has 0 radical (unpaired) electrons. The number of anilines is 1. The number of carbonyl (C=O) groups is 3. The molecule has 1 aliphatic heterocycles. The third-order valence-electron chi connectivity index (χ3n) is 6.33. The van der Waals surface area contributed by atoms with Crippen LogP contribution in [-0.4, -0.2) is 38.2 Å². The van der Waals surface area contributed by atoms with Crippen LogP contribution in [0.3, 0.4) is 0 Å². The molecule has 8 nitrogen and oxygen atoms in total. The molecule has 1 aliphatic rings. The predicted octanol–water partition coefficient (Wildman–Crippen LogP) is 5.96. The summed E-state index contributed by atoms with van der Waals surface area (Å²) in [5.41, 5.74) is -4.03. The van der Waals surface area contributed by atoms with Crippen molar-refractivity contribution < 1.29 is 46.2 Å². The number of alkyl carbamates (subject to hydrolysis) is 1. The smallest absolute Gasteiger partial charge is 0.417 e. The van der Waals surface area contributed by atoms with Gasteiger partial charge in [0, 0.05) is 23.1 Å². The van der Waals surface area contributed by atoms with Crippen molar-refractivity contribution in [3.63, 3.8) is 0 Å². The quantitative estimate of drug-likeness (QED) is 0.254. The topological polar surface area (TPSA) is 94.2 Å². The van der Waals surface area contributed by atoms with E-state index in [1.807, 2.05) is 0 Å². The molecule has 0 fully saturated rings. The van der Waals surface area contributed by atoms with E-state index >= 15 is 0 Å². The second-order valence-electron chi connectivity index (χ2n) is 9.06. The number of esters is 1. The van der Waals surface area contributed by atoms with Gasteiger partial charge in [-0.05, 0) is 42.8 Å². The Labute approximate surface area is 240 Å². The second kappa shape index (κ2) is 11.8. The minimum atomic E-state index is -4.99. The molecular formula is C28H23BrF4N2O6. The van der Waals surface area contributed by atoms with E-state index in [1.54, 1.807) is 30.3 Å². The zero-order chi connectivity index (χ0) is 29.9. The fourth-order valence-corrected chi connectivity index (χ4v) is 4.67. The largest absolute Gasteiger partial charge is 0.471 e. The van der Waals surface area contributed by atoms with E-state index in [9.17, 15) is 31.9 Å². The molecule has 3 aromatic rings. The number of hydrogen-bond donors (Lipinski definition) is 1. The number of nitrogens with zero attached hydrogens (tertiary/aromatic N) is 1. The average Bonchev–Trinajstić information content (AvgIpc) is 2.94. The van der Waals surface area contributed by atoms with E-state index in [4.69, 9.17) is 9.47 Å². The summed E-state index contributed by atoms with van der Waals surface area (Å²) in [5, 5.41) is 2.47. The van der Waals surface area contributed by atoms with E-state index in [0.29, 0.717) is 10.5 Å². The van der Waals surface area contributed by atoms with Gasteiger partial charge in [-0.25, -0.2) is 14.0 Å². The van der Waals surface area contributed by atoms with Crippen molar-refractivity contribution in [1.29, 1.82) is 0 Å². The van der Waals surface area contributed by atoms with Crippen LogP contribution in [0.1, 0.15) is 34.0 Å². The first-order valence-electron chi connectivity index (χ1n) is 12.1. The molecule has 1 heterocycles. The normalized spacial score (nSPS) is 16.5. The van der Waals surface area contributed by atoms with Gasteiger partial charge in [0.25, 0.3) is 5.91 Å². The minimum Gasteiger partial charge on any atom is -0.471 e. The van der Waals surface area contributed by atoms with E-state index in [2.05, 4.69) is 26.0 Å². The van der Waals surface area contributed by atoms with Gasteiger partial charge >= 0.3 is 18.2 Å². The van der Waals surface area contributed by atoms with Crippen LogP contribution < -0.4 is 15.0 Å². The summed E-state index contributed by atoms with van der Waals surface area (Å²) in [5.74, 6) is -3.41. The lowest BCUT2D eigenvalue weighted by atomic mass is 9.90. The number of hydrogen-bond acceptors (Lipinski definition) is 6. The third-order valence-corrected chi connectivity index (χ3v) is 6.82. The Balaban J connectivity index is 1.69. The molecule has 13 heteroatoms. The monoisotopic (exact) mass is 638 g/mol. The Kier molecular flexibility index (Phi) is 8.57. The Bertz CT molecular complexity index is 1480. The molecule has 2 amide bonds. The Hall–Kier alpha value is -4.13. The second-order valence-corrected chi connectivity index (χ2v) is 9.98. The van der Waals surface area contributed by atoms with Crippen molar-refractivity contribution >= 4 is 39.6 Å². The summed E-state index contributed by atoms with van der Waals surface area (Å²) in [6, 6.07) is 14.0. The fraction of sp³-hybridized carbons (Fsp3) is 0.250. The van der Waals surface area contributed by atoms with Crippen LogP contribution in [-0.2, 0) is 32.7 Å². The van der Waals surface area contributed by atoms with Gasteiger partial charge in [0.1, 0.15) is 18.2 Å². The van der Waals surface area contributed by atoms with Gasteiger partial charge in [0.15, 0.2) is 0 Å². The zero-order valence-electron chi connectivity index (χ0n) is 21.7. The van der Waals surface area contributed by atoms with Gasteiger partial charge in [-0.1, -0.05) is 46.3 Å². The third kappa shape index (κ3) is 6.29. The lowest BCUT2D eigenvalue weighted by Gasteiger charge is -2.41. The van der Waals surface area contributed by atoms with Crippen molar-refractivity contribution in [1.82, 2.24) is 5.32 Å². The summed E-state index contributed by atoms with van der Waals surface area (Å²) in [6.07, 6.45) is -5.80. The minimum absolute atomic E-state index is 0.0189. The number of fused-ring (bicyclic) bond motifs is 1. The lowest BCUT2D eigenvalue weighted by Crippen LogP contribution is -2.54. The van der Waals surface area contributed by atoms with Crippen LogP contribution in [0.2, 0.25) is 0 Å².